The highest BCUT2D eigenvalue weighted by atomic mass is 35.5. The smallest absolute Gasteiger partial charge is 0.173 e. The molecule has 0 saturated carbocycles. The van der Waals surface area contributed by atoms with E-state index in [1.807, 2.05) is 0 Å². The predicted molar refractivity (Wildman–Crippen MR) is 66.9 cm³/mol. The maximum absolute atomic E-state index is 13.2. The molecular weight excluding hydrogens is 282 g/mol. The number of ketones is 2. The molecule has 0 atom stereocenters. The van der Waals surface area contributed by atoms with Crippen molar-refractivity contribution in [2.75, 3.05) is 13.7 Å². The zero-order valence-corrected chi connectivity index (χ0v) is 11.1. The zero-order chi connectivity index (χ0) is 13.7. The summed E-state index contributed by atoms with van der Waals surface area (Å²) in [7, 11) is 1.45. The second-order valence-electron chi connectivity index (χ2n) is 3.60. The van der Waals surface area contributed by atoms with Crippen molar-refractivity contribution in [3.8, 4) is 0 Å². The number of hydrogen-bond acceptors (Lipinski definition) is 3. The van der Waals surface area contributed by atoms with E-state index in [2.05, 4.69) is 0 Å². The monoisotopic (exact) mass is 292 g/mol. The summed E-state index contributed by atoms with van der Waals surface area (Å²) < 4.78 is 17.9. The Hall–Kier alpha value is -0.970. The largest absolute Gasteiger partial charge is 0.384 e. The number of carbonyl (C=O) groups is 2. The van der Waals surface area contributed by atoms with E-state index in [4.69, 9.17) is 27.9 Å². The second-order valence-corrected chi connectivity index (χ2v) is 4.38. The van der Waals surface area contributed by atoms with Crippen LogP contribution in [0.15, 0.2) is 12.1 Å². The van der Waals surface area contributed by atoms with Crippen molar-refractivity contribution in [2.45, 2.75) is 12.8 Å². The molecule has 0 radical (unpaired) electrons. The Bertz CT molecular complexity index is 475. The Morgan fingerprint density at radius 1 is 1.33 bits per heavy atom. The number of halogens is 3. The SMILES string of the molecule is COCCC(=O)CC(=O)c1c(Cl)ccc(F)c1Cl. The van der Waals surface area contributed by atoms with Gasteiger partial charge in [0, 0.05) is 13.5 Å². The quantitative estimate of drug-likeness (QED) is 0.459. The number of ether oxygens (including phenoxy) is 1. The standard InChI is InChI=1S/C12H11Cl2FO3/c1-18-5-4-7(16)6-10(17)11-8(13)2-3-9(15)12(11)14/h2-3H,4-6H2,1H3. The summed E-state index contributed by atoms with van der Waals surface area (Å²) in [6, 6.07) is 2.30. The van der Waals surface area contributed by atoms with Crippen molar-refractivity contribution in [2.24, 2.45) is 0 Å². The fourth-order valence-corrected chi connectivity index (χ4v) is 1.94. The van der Waals surface area contributed by atoms with E-state index < -0.39 is 11.6 Å². The molecule has 0 fully saturated rings. The Morgan fingerprint density at radius 3 is 2.61 bits per heavy atom. The van der Waals surface area contributed by atoms with Gasteiger partial charge in [-0.2, -0.15) is 0 Å². The summed E-state index contributed by atoms with van der Waals surface area (Å²) in [5, 5.41) is -0.321. The first-order valence-electron chi connectivity index (χ1n) is 5.14. The van der Waals surface area contributed by atoms with Crippen LogP contribution < -0.4 is 0 Å². The molecule has 0 unspecified atom stereocenters. The van der Waals surface area contributed by atoms with Crippen LogP contribution in [0.5, 0.6) is 0 Å². The first kappa shape index (κ1) is 15.1. The maximum Gasteiger partial charge on any atom is 0.173 e. The first-order valence-corrected chi connectivity index (χ1v) is 5.90. The third-order valence-corrected chi connectivity index (χ3v) is 2.95. The molecular formula is C12H11Cl2FO3. The van der Waals surface area contributed by atoms with Gasteiger partial charge >= 0.3 is 0 Å². The molecule has 0 amide bonds. The van der Waals surface area contributed by atoms with Crippen molar-refractivity contribution < 1.29 is 18.7 Å². The molecule has 3 nitrogen and oxygen atoms in total. The van der Waals surface area contributed by atoms with Gasteiger partial charge in [0.1, 0.15) is 11.6 Å². The van der Waals surface area contributed by atoms with Crippen molar-refractivity contribution in [1.29, 1.82) is 0 Å². The number of methoxy groups -OCH3 is 1. The molecule has 0 aliphatic rings. The van der Waals surface area contributed by atoms with Crippen LogP contribution in [0.2, 0.25) is 10.0 Å². The molecule has 1 aromatic carbocycles. The van der Waals surface area contributed by atoms with E-state index in [0.717, 1.165) is 6.07 Å². The Morgan fingerprint density at radius 2 is 2.00 bits per heavy atom. The third kappa shape index (κ3) is 3.77. The summed E-state index contributed by atoms with van der Waals surface area (Å²) in [6.07, 6.45) is -0.251. The average Bonchev–Trinajstić information content (AvgIpc) is 2.31. The highest BCUT2D eigenvalue weighted by molar-refractivity contribution is 6.40. The van der Waals surface area contributed by atoms with Crippen molar-refractivity contribution >= 4 is 34.8 Å². The lowest BCUT2D eigenvalue weighted by Crippen LogP contribution is -2.11. The van der Waals surface area contributed by atoms with E-state index in [1.54, 1.807) is 0 Å². The molecule has 18 heavy (non-hydrogen) atoms. The highest BCUT2D eigenvalue weighted by Crippen LogP contribution is 2.28. The molecule has 0 spiro atoms. The Balaban J connectivity index is 2.85. The second kappa shape index (κ2) is 6.83. The molecule has 0 bridgehead atoms. The Labute approximate surface area is 114 Å². The summed E-state index contributed by atoms with van der Waals surface area (Å²) in [6.45, 7) is 0.233. The average molecular weight is 293 g/mol. The van der Waals surface area contributed by atoms with Gasteiger partial charge in [0.2, 0.25) is 0 Å². The van der Waals surface area contributed by atoms with Gasteiger partial charge in [0.25, 0.3) is 0 Å². The van der Waals surface area contributed by atoms with E-state index in [1.165, 1.54) is 13.2 Å². The van der Waals surface area contributed by atoms with Crippen LogP contribution in [0.3, 0.4) is 0 Å². The molecule has 6 heteroatoms. The van der Waals surface area contributed by atoms with Gasteiger partial charge in [-0.3, -0.25) is 9.59 Å². The van der Waals surface area contributed by atoms with Gasteiger partial charge in [0.15, 0.2) is 5.78 Å². The van der Waals surface area contributed by atoms with Crippen LogP contribution in [-0.4, -0.2) is 25.3 Å². The molecule has 0 aliphatic heterocycles. The zero-order valence-electron chi connectivity index (χ0n) is 9.63. The fourth-order valence-electron chi connectivity index (χ4n) is 1.35. The van der Waals surface area contributed by atoms with Crippen molar-refractivity contribution in [3.63, 3.8) is 0 Å². The molecule has 0 N–H and O–H groups in total. The number of hydrogen-bond donors (Lipinski definition) is 0. The van der Waals surface area contributed by atoms with Crippen LogP contribution in [0.1, 0.15) is 23.2 Å². The summed E-state index contributed by atoms with van der Waals surface area (Å²) in [5.41, 5.74) is -0.149. The summed E-state index contributed by atoms with van der Waals surface area (Å²) >= 11 is 11.4. The van der Waals surface area contributed by atoms with E-state index in [0.29, 0.717) is 0 Å². The van der Waals surface area contributed by atoms with Gasteiger partial charge in [-0.05, 0) is 12.1 Å². The lowest BCUT2D eigenvalue weighted by molar-refractivity contribution is -0.119. The molecule has 1 aromatic rings. The number of Topliss-reactive ketones (excluding diaryl/α,β-unsaturated/α-hetero) is 2. The van der Waals surface area contributed by atoms with Gasteiger partial charge in [-0.15, -0.1) is 0 Å². The minimum Gasteiger partial charge on any atom is -0.384 e. The third-order valence-electron chi connectivity index (χ3n) is 2.27. The van der Waals surface area contributed by atoms with E-state index in [-0.39, 0.29) is 40.8 Å². The fraction of sp³-hybridized carbons (Fsp3) is 0.333. The topological polar surface area (TPSA) is 43.4 Å². The van der Waals surface area contributed by atoms with E-state index >= 15 is 0 Å². The van der Waals surface area contributed by atoms with Crippen molar-refractivity contribution in [1.82, 2.24) is 0 Å². The molecule has 1 rings (SSSR count). The minimum absolute atomic E-state index is 0.0333. The van der Waals surface area contributed by atoms with Gasteiger partial charge < -0.3 is 4.74 Å². The number of carbonyl (C=O) groups excluding carboxylic acids is 2. The summed E-state index contributed by atoms with van der Waals surface area (Å²) in [4.78, 5) is 23.2. The van der Waals surface area contributed by atoms with Crippen LogP contribution in [0.4, 0.5) is 4.39 Å². The van der Waals surface area contributed by atoms with Gasteiger partial charge in [0.05, 0.1) is 28.6 Å². The minimum atomic E-state index is -0.742. The number of rotatable bonds is 6. The first-order chi connectivity index (χ1) is 8.47. The highest BCUT2D eigenvalue weighted by Gasteiger charge is 2.20. The Kier molecular flexibility index (Phi) is 5.72. The van der Waals surface area contributed by atoms with Crippen LogP contribution >= 0.6 is 23.2 Å². The summed E-state index contributed by atoms with van der Waals surface area (Å²) in [5.74, 6) is -1.64. The maximum atomic E-state index is 13.2. The predicted octanol–water partition coefficient (Wildman–Crippen LogP) is 3.31. The van der Waals surface area contributed by atoms with Crippen LogP contribution in [0, 0.1) is 5.82 Å². The van der Waals surface area contributed by atoms with Crippen LogP contribution in [0.25, 0.3) is 0 Å². The van der Waals surface area contributed by atoms with E-state index in [9.17, 15) is 14.0 Å². The lowest BCUT2D eigenvalue weighted by Gasteiger charge is -2.06. The van der Waals surface area contributed by atoms with Gasteiger partial charge in [-0.25, -0.2) is 4.39 Å². The van der Waals surface area contributed by atoms with Crippen LogP contribution in [-0.2, 0) is 9.53 Å². The molecule has 0 saturated heterocycles. The molecule has 0 aromatic heterocycles. The van der Waals surface area contributed by atoms with Crippen molar-refractivity contribution in [3.05, 3.63) is 33.6 Å². The van der Waals surface area contributed by atoms with Gasteiger partial charge in [-0.1, -0.05) is 23.2 Å². The molecule has 0 aliphatic carbocycles. The molecule has 98 valence electrons. The molecule has 0 heterocycles. The normalized spacial score (nSPS) is 10.4. The number of benzene rings is 1. The lowest BCUT2D eigenvalue weighted by atomic mass is 10.0.